The lowest BCUT2D eigenvalue weighted by Gasteiger charge is -1.94. The summed E-state index contributed by atoms with van der Waals surface area (Å²) in [6.45, 7) is 1.43. The highest BCUT2D eigenvalue weighted by Gasteiger charge is 2.20. The molecule has 0 fully saturated rings. The second-order valence-electron chi connectivity index (χ2n) is 0.718. The second-order valence-corrected chi connectivity index (χ2v) is 0.718. The van der Waals surface area contributed by atoms with Gasteiger partial charge in [0, 0.05) is 6.92 Å². The molecular weight excluding hydrogens is 139 g/mol. The molecule has 0 unspecified atom stereocenters. The monoisotopic (exact) mass is 146 g/mol. The lowest BCUT2D eigenvalue weighted by atomic mass is 10.3. The van der Waals surface area contributed by atoms with Crippen LogP contribution in [-0.2, 0) is 0 Å². The summed E-state index contributed by atoms with van der Waals surface area (Å²) in [5, 5.41) is 7.32. The zero-order valence-corrected chi connectivity index (χ0v) is 5.04. The Morgan fingerprint density at radius 2 is 1.22 bits per heavy atom. The van der Waals surface area contributed by atoms with E-state index in [1.807, 2.05) is 0 Å². The molecule has 2 nitrogen and oxygen atoms in total. The molecule has 0 aromatic rings. The molecule has 9 heavy (non-hydrogen) atoms. The third kappa shape index (κ3) is 339. The highest BCUT2D eigenvalue weighted by atomic mass is 19.5. The smallest absolute Gasteiger partial charge is 0.418 e. The quantitative estimate of drug-likeness (QED) is 0.413. The Hall–Kier alpha value is -0.765. The highest BCUT2D eigenvalue weighted by Crippen LogP contribution is 2.06. The predicted octanol–water partition coefficient (Wildman–Crippen LogP) is 2.21. The number of rotatable bonds is 0. The summed E-state index contributed by atoms with van der Waals surface area (Å²) in [6.07, 6.45) is 0. The Labute approximate surface area is 50.2 Å². The maximum atomic E-state index is 9.75. The highest BCUT2D eigenvalue weighted by molar-refractivity contribution is 6.50. The third-order valence-electron chi connectivity index (χ3n) is 0. The fraction of sp³-hybridized carbons (Fsp3) is 0.500. The Morgan fingerprint density at radius 1 is 1.22 bits per heavy atom. The van der Waals surface area contributed by atoms with Gasteiger partial charge in [-0.25, -0.2) is 0 Å². The molecule has 0 aromatic heterocycles. The van der Waals surface area contributed by atoms with Gasteiger partial charge >= 0.3 is 7.25 Å². The van der Waals surface area contributed by atoms with Gasteiger partial charge < -0.3 is 23.4 Å². The number of hydrogen-bond acceptors (Lipinski definition) is 1. The molecule has 0 aliphatic heterocycles. The largest absolute Gasteiger partial charge is 0.673 e. The van der Waals surface area contributed by atoms with Crippen molar-refractivity contribution in [1.82, 2.24) is 6.15 Å². The SMILES string of the molecule is CC#N.F[B-](F)(F)F.[NH4+]. The molecule has 7 heteroatoms. The molecule has 0 heterocycles. The number of quaternary nitrogens is 1. The van der Waals surface area contributed by atoms with Gasteiger partial charge in [0.05, 0.1) is 6.07 Å². The van der Waals surface area contributed by atoms with E-state index in [9.17, 15) is 17.3 Å². The minimum atomic E-state index is -6.00. The van der Waals surface area contributed by atoms with Crippen molar-refractivity contribution >= 4 is 7.25 Å². The molecule has 0 rings (SSSR count). The summed E-state index contributed by atoms with van der Waals surface area (Å²) >= 11 is 0. The average Bonchev–Trinajstić information content (AvgIpc) is 1.27. The van der Waals surface area contributed by atoms with Gasteiger partial charge in [0.2, 0.25) is 0 Å². The summed E-state index contributed by atoms with van der Waals surface area (Å²) in [6, 6.07) is 1.75. The zero-order chi connectivity index (χ0) is 7.21. The number of halogens is 4. The van der Waals surface area contributed by atoms with E-state index >= 15 is 0 Å². The maximum absolute atomic E-state index is 9.75. The maximum Gasteiger partial charge on any atom is 0.673 e. The zero-order valence-electron chi connectivity index (χ0n) is 5.04. The Bertz CT molecular complexity index is 77.5. The van der Waals surface area contributed by atoms with Crippen LogP contribution in [0.15, 0.2) is 0 Å². The van der Waals surface area contributed by atoms with E-state index in [0.717, 1.165) is 0 Å². The summed E-state index contributed by atoms with van der Waals surface area (Å²) in [5.41, 5.74) is 0. The predicted molar refractivity (Wildman–Crippen MR) is 27.5 cm³/mol. The number of nitrogens with zero attached hydrogens (tertiary/aromatic N) is 1. The summed E-state index contributed by atoms with van der Waals surface area (Å²) in [7, 11) is -6.00. The van der Waals surface area contributed by atoms with Gasteiger partial charge in [-0.2, -0.15) is 5.26 Å². The van der Waals surface area contributed by atoms with Crippen molar-refractivity contribution in [3.63, 3.8) is 0 Å². The number of nitriles is 1. The standard InChI is InChI=1S/C2H3N.BF4.H3N/c1-2-3;2-1(3,4)5;/h1H3;;1H3/q;-1;/p+1. The molecule has 0 aliphatic rings. The van der Waals surface area contributed by atoms with E-state index in [2.05, 4.69) is 0 Å². The molecule has 0 radical (unpaired) electrons. The summed E-state index contributed by atoms with van der Waals surface area (Å²) < 4.78 is 39.0. The lowest BCUT2D eigenvalue weighted by Crippen LogP contribution is -2.02. The van der Waals surface area contributed by atoms with Crippen LogP contribution in [0.4, 0.5) is 17.3 Å². The minimum absolute atomic E-state index is 0. The van der Waals surface area contributed by atoms with Crippen molar-refractivity contribution in [1.29, 1.82) is 5.26 Å². The average molecular weight is 146 g/mol. The van der Waals surface area contributed by atoms with Crippen molar-refractivity contribution in [3.05, 3.63) is 0 Å². The molecule has 56 valence electrons. The van der Waals surface area contributed by atoms with Crippen LogP contribution >= 0.6 is 0 Å². The minimum Gasteiger partial charge on any atom is -0.418 e. The molecule has 0 spiro atoms. The van der Waals surface area contributed by atoms with Crippen LogP contribution in [0.5, 0.6) is 0 Å². The summed E-state index contributed by atoms with van der Waals surface area (Å²) in [5.74, 6) is 0. The first-order valence-corrected chi connectivity index (χ1v) is 1.60. The fourth-order valence-electron chi connectivity index (χ4n) is 0. The van der Waals surface area contributed by atoms with Gasteiger partial charge in [0.25, 0.3) is 0 Å². The first-order chi connectivity index (χ1) is 3.41. The van der Waals surface area contributed by atoms with E-state index in [-0.39, 0.29) is 6.15 Å². The van der Waals surface area contributed by atoms with Crippen molar-refractivity contribution in [2.24, 2.45) is 0 Å². The first kappa shape index (κ1) is 15.7. The van der Waals surface area contributed by atoms with Gasteiger partial charge in [-0.1, -0.05) is 0 Å². The molecule has 4 N–H and O–H groups in total. The van der Waals surface area contributed by atoms with Crippen LogP contribution in [0, 0.1) is 11.3 Å². The molecule has 0 saturated heterocycles. The van der Waals surface area contributed by atoms with E-state index in [1.165, 1.54) is 6.92 Å². The van der Waals surface area contributed by atoms with Crippen LogP contribution in [0.3, 0.4) is 0 Å². The second kappa shape index (κ2) is 7.23. The Balaban J connectivity index is -0.0000000800. The molecule has 0 bridgehead atoms. The molecule has 0 atom stereocenters. The molecular formula is C2H7BF4N2. The lowest BCUT2D eigenvalue weighted by molar-refractivity contribution is 0.368. The Morgan fingerprint density at radius 3 is 1.22 bits per heavy atom. The molecule has 0 aliphatic carbocycles. The number of hydrogen-bond donors (Lipinski definition) is 1. The molecule has 0 aromatic carbocycles. The first-order valence-electron chi connectivity index (χ1n) is 1.60. The summed E-state index contributed by atoms with van der Waals surface area (Å²) in [4.78, 5) is 0. The van der Waals surface area contributed by atoms with Crippen molar-refractivity contribution in [3.8, 4) is 6.07 Å². The van der Waals surface area contributed by atoms with Crippen molar-refractivity contribution in [2.45, 2.75) is 6.92 Å². The van der Waals surface area contributed by atoms with Crippen molar-refractivity contribution in [2.75, 3.05) is 0 Å². The van der Waals surface area contributed by atoms with Crippen LogP contribution in [0.25, 0.3) is 0 Å². The van der Waals surface area contributed by atoms with E-state index < -0.39 is 7.25 Å². The van der Waals surface area contributed by atoms with Gasteiger partial charge in [-0.3, -0.25) is 0 Å². The van der Waals surface area contributed by atoms with E-state index in [4.69, 9.17) is 5.26 Å². The Kier molecular flexibility index (Phi) is 12.6. The molecule has 0 saturated carbocycles. The van der Waals surface area contributed by atoms with Crippen LogP contribution in [0.2, 0.25) is 0 Å². The van der Waals surface area contributed by atoms with E-state index in [0.29, 0.717) is 0 Å². The van der Waals surface area contributed by atoms with Crippen LogP contribution < -0.4 is 6.15 Å². The van der Waals surface area contributed by atoms with Crippen LogP contribution in [0.1, 0.15) is 6.92 Å². The van der Waals surface area contributed by atoms with Gasteiger partial charge in [0.15, 0.2) is 0 Å². The topological polar surface area (TPSA) is 60.3 Å². The fourth-order valence-corrected chi connectivity index (χ4v) is 0. The van der Waals surface area contributed by atoms with Gasteiger partial charge in [-0.05, 0) is 0 Å². The van der Waals surface area contributed by atoms with E-state index in [1.54, 1.807) is 6.07 Å². The molecule has 0 amide bonds. The third-order valence-corrected chi connectivity index (χ3v) is 0. The van der Waals surface area contributed by atoms with Crippen molar-refractivity contribution < 1.29 is 17.3 Å². The van der Waals surface area contributed by atoms with Crippen LogP contribution in [-0.4, -0.2) is 7.25 Å². The van der Waals surface area contributed by atoms with Gasteiger partial charge in [-0.15, -0.1) is 0 Å². The van der Waals surface area contributed by atoms with Gasteiger partial charge in [0.1, 0.15) is 0 Å². The normalized spacial score (nSPS) is 7.56.